The number of ether oxygens (including phenoxy) is 3. The Hall–Kier alpha value is -1.52. The number of hydrogen-bond donors (Lipinski definition) is 0. The van der Waals surface area contributed by atoms with E-state index in [9.17, 15) is 4.79 Å². The van der Waals surface area contributed by atoms with Crippen LogP contribution >= 0.6 is 22.6 Å². The van der Waals surface area contributed by atoms with E-state index in [-0.39, 0.29) is 19.0 Å². The van der Waals surface area contributed by atoms with Crippen LogP contribution in [-0.2, 0) is 20.9 Å². The molecule has 8 heteroatoms. The number of rotatable bonds is 8. The minimum atomic E-state index is -0.496. The topological polar surface area (TPSA) is 75.5 Å². The highest BCUT2D eigenvalue weighted by Gasteiger charge is 2.21. The zero-order valence-corrected chi connectivity index (χ0v) is 15.1. The molecule has 1 heterocycles. The molecule has 0 spiro atoms. The van der Waals surface area contributed by atoms with Crippen molar-refractivity contribution in [2.45, 2.75) is 13.7 Å². The van der Waals surface area contributed by atoms with Gasteiger partial charge < -0.3 is 14.2 Å². The monoisotopic (exact) mass is 431 g/mol. The number of hydrogen-bond acceptors (Lipinski definition) is 6. The van der Waals surface area contributed by atoms with Crippen molar-refractivity contribution in [1.29, 1.82) is 0 Å². The zero-order chi connectivity index (χ0) is 16.7. The number of aromatic nitrogens is 3. The summed E-state index contributed by atoms with van der Waals surface area (Å²) in [5.74, 6) is -0.496. The molecule has 0 unspecified atom stereocenters. The van der Waals surface area contributed by atoms with Crippen LogP contribution in [0.15, 0.2) is 24.3 Å². The molecule has 0 saturated carbocycles. The first kappa shape index (κ1) is 17.8. The van der Waals surface area contributed by atoms with Crippen molar-refractivity contribution in [3.63, 3.8) is 0 Å². The Morgan fingerprint density at radius 2 is 2.13 bits per heavy atom. The van der Waals surface area contributed by atoms with Gasteiger partial charge in [-0.1, -0.05) is 12.1 Å². The Labute approximate surface area is 148 Å². The molecule has 2 aromatic rings. The number of nitrogens with zero attached hydrogens (tertiary/aromatic N) is 3. The van der Waals surface area contributed by atoms with E-state index >= 15 is 0 Å². The lowest BCUT2D eigenvalue weighted by molar-refractivity contribution is 0.0220. The van der Waals surface area contributed by atoms with Gasteiger partial charge in [-0.3, -0.25) is 0 Å². The average molecular weight is 431 g/mol. The van der Waals surface area contributed by atoms with Gasteiger partial charge in [0.25, 0.3) is 0 Å². The second kappa shape index (κ2) is 8.94. The molecule has 124 valence electrons. The number of carbonyl (C=O) groups excluding carboxylic acids is 1. The summed E-state index contributed by atoms with van der Waals surface area (Å²) in [7, 11) is 1.60. The van der Waals surface area contributed by atoms with Crippen molar-refractivity contribution in [3.05, 3.63) is 33.5 Å². The third-order valence-corrected chi connectivity index (χ3v) is 3.53. The predicted molar refractivity (Wildman–Crippen MR) is 92.0 cm³/mol. The second-order valence-corrected chi connectivity index (χ2v) is 5.78. The molecule has 1 aromatic heterocycles. The summed E-state index contributed by atoms with van der Waals surface area (Å²) in [5, 5.41) is 8.55. The van der Waals surface area contributed by atoms with E-state index in [1.165, 1.54) is 4.80 Å². The maximum Gasteiger partial charge on any atom is 0.361 e. The fraction of sp³-hybridized carbons (Fsp3) is 0.400. The van der Waals surface area contributed by atoms with Crippen LogP contribution in [0.5, 0.6) is 0 Å². The van der Waals surface area contributed by atoms with Gasteiger partial charge in [0.05, 0.1) is 19.8 Å². The molecule has 7 nitrogen and oxygen atoms in total. The van der Waals surface area contributed by atoms with Gasteiger partial charge in [-0.2, -0.15) is 9.90 Å². The lowest BCUT2D eigenvalue weighted by Gasteiger charge is -2.01. The Kier molecular flexibility index (Phi) is 6.93. The molecule has 1 aromatic carbocycles. The summed E-state index contributed by atoms with van der Waals surface area (Å²) >= 11 is 2.21. The van der Waals surface area contributed by atoms with E-state index in [0.717, 1.165) is 9.13 Å². The second-order valence-electron chi connectivity index (χ2n) is 4.53. The standard InChI is InChI=1S/C15H18IN3O4/c1-3-23-15(20)14-13(11-5-4-6-12(16)9-11)17-19(18-14)10-22-8-7-21-2/h4-6,9H,3,7-8,10H2,1-2H3. The summed E-state index contributed by atoms with van der Waals surface area (Å²) in [6, 6.07) is 7.68. The number of esters is 1. The molecule has 0 atom stereocenters. The van der Waals surface area contributed by atoms with Crippen LogP contribution in [-0.4, -0.2) is 47.9 Å². The quantitative estimate of drug-likeness (QED) is 0.363. The third-order valence-electron chi connectivity index (χ3n) is 2.86. The first-order valence-electron chi connectivity index (χ1n) is 7.10. The lowest BCUT2D eigenvalue weighted by atomic mass is 10.1. The molecule has 0 fully saturated rings. The smallest absolute Gasteiger partial charge is 0.361 e. The van der Waals surface area contributed by atoms with E-state index in [4.69, 9.17) is 14.2 Å². The summed E-state index contributed by atoms with van der Waals surface area (Å²) in [6.07, 6.45) is 0. The van der Waals surface area contributed by atoms with Crippen molar-refractivity contribution in [2.24, 2.45) is 0 Å². The van der Waals surface area contributed by atoms with Crippen molar-refractivity contribution < 1.29 is 19.0 Å². The van der Waals surface area contributed by atoms with Gasteiger partial charge in [-0.05, 0) is 41.6 Å². The van der Waals surface area contributed by atoms with E-state index in [0.29, 0.717) is 18.9 Å². The van der Waals surface area contributed by atoms with Gasteiger partial charge in [-0.15, -0.1) is 5.10 Å². The SMILES string of the molecule is CCOC(=O)c1nn(COCCOC)nc1-c1cccc(I)c1. The fourth-order valence-corrected chi connectivity index (χ4v) is 2.40. The molecule has 0 aliphatic heterocycles. The highest BCUT2D eigenvalue weighted by atomic mass is 127. The van der Waals surface area contributed by atoms with Gasteiger partial charge in [0.1, 0.15) is 5.69 Å². The Bertz CT molecular complexity index is 660. The minimum Gasteiger partial charge on any atom is -0.461 e. The van der Waals surface area contributed by atoms with Crippen LogP contribution in [0.4, 0.5) is 0 Å². The zero-order valence-electron chi connectivity index (χ0n) is 13.0. The van der Waals surface area contributed by atoms with Crippen molar-refractivity contribution in [1.82, 2.24) is 15.0 Å². The normalized spacial score (nSPS) is 10.7. The summed E-state index contributed by atoms with van der Waals surface area (Å²) in [5.41, 5.74) is 1.48. The summed E-state index contributed by atoms with van der Waals surface area (Å²) < 4.78 is 16.4. The van der Waals surface area contributed by atoms with Crippen LogP contribution in [0, 0.1) is 3.57 Å². The van der Waals surface area contributed by atoms with E-state index < -0.39 is 5.97 Å². The Morgan fingerprint density at radius 3 is 2.83 bits per heavy atom. The largest absolute Gasteiger partial charge is 0.461 e. The fourth-order valence-electron chi connectivity index (χ4n) is 1.86. The molecule has 0 aliphatic rings. The lowest BCUT2D eigenvalue weighted by Crippen LogP contribution is -2.11. The highest BCUT2D eigenvalue weighted by molar-refractivity contribution is 14.1. The molecule has 0 bridgehead atoms. The number of benzene rings is 1. The molecule has 23 heavy (non-hydrogen) atoms. The van der Waals surface area contributed by atoms with E-state index in [1.54, 1.807) is 14.0 Å². The van der Waals surface area contributed by atoms with Gasteiger partial charge in [0.15, 0.2) is 12.4 Å². The molecular weight excluding hydrogens is 413 g/mol. The minimum absolute atomic E-state index is 0.139. The number of carbonyl (C=O) groups is 1. The molecular formula is C15H18IN3O4. The van der Waals surface area contributed by atoms with Crippen LogP contribution < -0.4 is 0 Å². The molecule has 0 N–H and O–H groups in total. The first-order chi connectivity index (χ1) is 11.2. The maximum atomic E-state index is 12.1. The average Bonchev–Trinajstić information content (AvgIpc) is 2.96. The van der Waals surface area contributed by atoms with Gasteiger partial charge in [0.2, 0.25) is 0 Å². The summed E-state index contributed by atoms with van der Waals surface area (Å²) in [4.78, 5) is 13.5. The highest BCUT2D eigenvalue weighted by Crippen LogP contribution is 2.23. The maximum absolute atomic E-state index is 12.1. The van der Waals surface area contributed by atoms with Gasteiger partial charge >= 0.3 is 5.97 Å². The van der Waals surface area contributed by atoms with Crippen molar-refractivity contribution >= 4 is 28.6 Å². The van der Waals surface area contributed by atoms with Crippen LogP contribution in [0.3, 0.4) is 0 Å². The van der Waals surface area contributed by atoms with E-state index in [2.05, 4.69) is 32.8 Å². The third kappa shape index (κ3) is 4.98. The van der Waals surface area contributed by atoms with Crippen LogP contribution in [0.25, 0.3) is 11.3 Å². The first-order valence-corrected chi connectivity index (χ1v) is 8.18. The Morgan fingerprint density at radius 1 is 1.30 bits per heavy atom. The van der Waals surface area contributed by atoms with Crippen LogP contribution in [0.1, 0.15) is 17.4 Å². The number of methoxy groups -OCH3 is 1. The molecule has 0 saturated heterocycles. The van der Waals surface area contributed by atoms with Gasteiger partial charge in [0, 0.05) is 16.2 Å². The molecule has 0 aliphatic carbocycles. The predicted octanol–water partition coefficient (Wildman–Crippen LogP) is 2.35. The Balaban J connectivity index is 2.27. The van der Waals surface area contributed by atoms with E-state index in [1.807, 2.05) is 24.3 Å². The van der Waals surface area contributed by atoms with Gasteiger partial charge in [-0.25, -0.2) is 4.79 Å². The van der Waals surface area contributed by atoms with Crippen molar-refractivity contribution in [3.8, 4) is 11.3 Å². The summed E-state index contributed by atoms with van der Waals surface area (Å²) in [6.45, 7) is 3.07. The molecule has 0 radical (unpaired) electrons. The van der Waals surface area contributed by atoms with Crippen LogP contribution in [0.2, 0.25) is 0 Å². The van der Waals surface area contributed by atoms with Crippen molar-refractivity contribution in [2.75, 3.05) is 26.9 Å². The molecule has 0 amide bonds. The molecule has 2 rings (SSSR count). The number of halogens is 1.